The number of hydrogen-bond donors (Lipinski definition) is 1. The second kappa shape index (κ2) is 10.6. The van der Waals surface area contributed by atoms with Gasteiger partial charge >= 0.3 is 0 Å². The third-order valence-corrected chi connectivity index (χ3v) is 5.46. The van der Waals surface area contributed by atoms with Crippen LogP contribution in [0.25, 0.3) is 11.0 Å². The van der Waals surface area contributed by atoms with Crippen molar-refractivity contribution in [3.63, 3.8) is 0 Å². The molecule has 1 atom stereocenters. The Morgan fingerprint density at radius 1 is 1.15 bits per heavy atom. The Hall–Kier alpha value is -3.93. The lowest BCUT2D eigenvalue weighted by Gasteiger charge is -2.17. The minimum atomic E-state index is -0.264. The van der Waals surface area contributed by atoms with Crippen molar-refractivity contribution in [3.8, 4) is 5.75 Å². The van der Waals surface area contributed by atoms with E-state index in [-0.39, 0.29) is 11.9 Å². The maximum absolute atomic E-state index is 12.6. The summed E-state index contributed by atoms with van der Waals surface area (Å²) in [6.07, 6.45) is 6.68. The van der Waals surface area contributed by atoms with Gasteiger partial charge in [0.15, 0.2) is 0 Å². The highest BCUT2D eigenvalue weighted by molar-refractivity contribution is 5.94. The van der Waals surface area contributed by atoms with Gasteiger partial charge in [-0.15, -0.1) is 6.58 Å². The molecule has 2 aromatic carbocycles. The zero-order chi connectivity index (χ0) is 23.0. The molecule has 0 saturated carbocycles. The number of carbonyl (C=O) groups excluding carboxylic acids is 1. The fraction of sp³-hybridized carbons (Fsp3) is 0.222. The average molecular weight is 441 g/mol. The SMILES string of the molecule is C=CCc1ccccc1OCCCn1c(C(C)NC(=O)c2cccnc2)nc2ccccc21. The van der Waals surface area contributed by atoms with Crippen molar-refractivity contribution in [2.45, 2.75) is 32.4 Å². The number of ether oxygens (including phenoxy) is 1. The van der Waals surface area contributed by atoms with E-state index in [1.807, 2.05) is 49.4 Å². The molecule has 1 amide bonds. The Morgan fingerprint density at radius 3 is 2.79 bits per heavy atom. The predicted octanol–water partition coefficient (Wildman–Crippen LogP) is 5.12. The second-order valence-corrected chi connectivity index (χ2v) is 7.85. The normalized spacial score (nSPS) is 11.8. The highest BCUT2D eigenvalue weighted by Gasteiger charge is 2.19. The van der Waals surface area contributed by atoms with Crippen LogP contribution in [-0.4, -0.2) is 27.0 Å². The van der Waals surface area contributed by atoms with Crippen LogP contribution >= 0.6 is 0 Å². The zero-order valence-corrected chi connectivity index (χ0v) is 18.8. The van der Waals surface area contributed by atoms with Gasteiger partial charge in [-0.3, -0.25) is 9.78 Å². The molecule has 1 N–H and O–H groups in total. The van der Waals surface area contributed by atoms with Crippen LogP contribution in [0.2, 0.25) is 0 Å². The minimum Gasteiger partial charge on any atom is -0.493 e. The van der Waals surface area contributed by atoms with E-state index in [0.29, 0.717) is 12.2 Å². The van der Waals surface area contributed by atoms with E-state index < -0.39 is 0 Å². The van der Waals surface area contributed by atoms with Gasteiger partial charge in [0.1, 0.15) is 11.6 Å². The molecule has 0 radical (unpaired) electrons. The molecule has 6 nitrogen and oxygen atoms in total. The lowest BCUT2D eigenvalue weighted by molar-refractivity contribution is 0.0937. The number of amides is 1. The van der Waals surface area contributed by atoms with E-state index in [4.69, 9.17) is 9.72 Å². The number of rotatable bonds is 10. The largest absolute Gasteiger partial charge is 0.493 e. The number of nitrogens with one attached hydrogen (secondary N) is 1. The molecule has 4 rings (SSSR count). The molecule has 2 aromatic heterocycles. The van der Waals surface area contributed by atoms with Gasteiger partial charge in [0.05, 0.1) is 29.2 Å². The summed E-state index contributed by atoms with van der Waals surface area (Å²) in [6, 6.07) is 19.3. The van der Waals surface area contributed by atoms with Gasteiger partial charge in [-0.25, -0.2) is 4.98 Å². The summed E-state index contributed by atoms with van der Waals surface area (Å²) in [5.41, 5.74) is 3.61. The number of fused-ring (bicyclic) bond motifs is 1. The van der Waals surface area contributed by atoms with E-state index in [2.05, 4.69) is 33.6 Å². The molecule has 0 fully saturated rings. The summed E-state index contributed by atoms with van der Waals surface area (Å²) in [6.45, 7) is 7.08. The summed E-state index contributed by atoms with van der Waals surface area (Å²) in [5, 5.41) is 3.05. The highest BCUT2D eigenvalue weighted by atomic mass is 16.5. The molecule has 0 aliphatic rings. The van der Waals surface area contributed by atoms with E-state index in [1.165, 1.54) is 0 Å². The van der Waals surface area contributed by atoms with Crippen molar-refractivity contribution in [2.24, 2.45) is 0 Å². The summed E-state index contributed by atoms with van der Waals surface area (Å²) in [4.78, 5) is 21.5. The monoisotopic (exact) mass is 440 g/mol. The number of aryl methyl sites for hydroxylation is 1. The number of pyridine rings is 1. The first-order valence-electron chi connectivity index (χ1n) is 11.1. The van der Waals surface area contributed by atoms with Crippen molar-refractivity contribution in [3.05, 3.63) is 103 Å². The van der Waals surface area contributed by atoms with Crippen LogP contribution in [0.1, 0.15) is 41.1 Å². The average Bonchev–Trinajstić information content (AvgIpc) is 3.22. The Balaban J connectivity index is 1.47. The van der Waals surface area contributed by atoms with Crippen molar-refractivity contribution in [1.29, 1.82) is 0 Å². The van der Waals surface area contributed by atoms with Crippen molar-refractivity contribution >= 4 is 16.9 Å². The molecule has 4 aromatic rings. The van der Waals surface area contributed by atoms with Gasteiger partial charge < -0.3 is 14.6 Å². The number of aromatic nitrogens is 3. The highest BCUT2D eigenvalue weighted by Crippen LogP contribution is 2.23. The van der Waals surface area contributed by atoms with Gasteiger partial charge in [0.2, 0.25) is 0 Å². The smallest absolute Gasteiger partial charge is 0.253 e. The van der Waals surface area contributed by atoms with Gasteiger partial charge in [-0.2, -0.15) is 0 Å². The molecular weight excluding hydrogens is 412 g/mol. The van der Waals surface area contributed by atoms with Crippen LogP contribution in [0.3, 0.4) is 0 Å². The third kappa shape index (κ3) is 5.29. The number of allylic oxidation sites excluding steroid dienone is 1. The first-order chi connectivity index (χ1) is 16.2. The number of hydrogen-bond acceptors (Lipinski definition) is 4. The maximum Gasteiger partial charge on any atom is 0.253 e. The van der Waals surface area contributed by atoms with Gasteiger partial charge in [0.25, 0.3) is 5.91 Å². The second-order valence-electron chi connectivity index (χ2n) is 7.85. The van der Waals surface area contributed by atoms with Gasteiger partial charge in [0, 0.05) is 18.9 Å². The molecule has 0 spiro atoms. The molecule has 0 aliphatic carbocycles. The van der Waals surface area contributed by atoms with Crippen LogP contribution < -0.4 is 10.1 Å². The van der Waals surface area contributed by atoms with Crippen LogP contribution in [0.15, 0.2) is 85.7 Å². The number of nitrogens with zero attached hydrogens (tertiary/aromatic N) is 3. The first kappa shape index (κ1) is 22.3. The predicted molar refractivity (Wildman–Crippen MR) is 130 cm³/mol. The fourth-order valence-electron chi connectivity index (χ4n) is 3.87. The number of benzene rings is 2. The zero-order valence-electron chi connectivity index (χ0n) is 18.8. The van der Waals surface area contributed by atoms with Crippen LogP contribution in [0.5, 0.6) is 5.75 Å². The third-order valence-electron chi connectivity index (χ3n) is 5.46. The van der Waals surface area contributed by atoms with Crippen molar-refractivity contribution in [1.82, 2.24) is 19.9 Å². The minimum absolute atomic E-state index is 0.170. The molecule has 6 heteroatoms. The molecule has 168 valence electrons. The Morgan fingerprint density at radius 2 is 1.97 bits per heavy atom. The maximum atomic E-state index is 12.6. The Labute approximate surface area is 194 Å². The lowest BCUT2D eigenvalue weighted by Crippen LogP contribution is -2.29. The Kier molecular flexibility index (Phi) is 7.15. The van der Waals surface area contributed by atoms with E-state index in [9.17, 15) is 4.79 Å². The first-order valence-corrected chi connectivity index (χ1v) is 11.1. The van der Waals surface area contributed by atoms with E-state index in [0.717, 1.165) is 47.6 Å². The molecule has 33 heavy (non-hydrogen) atoms. The summed E-state index contributed by atoms with van der Waals surface area (Å²) in [5.74, 6) is 1.54. The molecule has 1 unspecified atom stereocenters. The fourth-order valence-corrected chi connectivity index (χ4v) is 3.87. The van der Waals surface area contributed by atoms with Crippen LogP contribution in [0, 0.1) is 0 Å². The molecule has 0 bridgehead atoms. The quantitative estimate of drug-likeness (QED) is 0.274. The molecular formula is C27H28N4O2. The Bertz CT molecular complexity index is 1230. The van der Waals surface area contributed by atoms with Crippen molar-refractivity contribution < 1.29 is 9.53 Å². The van der Waals surface area contributed by atoms with E-state index in [1.54, 1.807) is 24.5 Å². The van der Waals surface area contributed by atoms with Gasteiger partial charge in [-0.1, -0.05) is 36.4 Å². The van der Waals surface area contributed by atoms with E-state index >= 15 is 0 Å². The summed E-state index contributed by atoms with van der Waals surface area (Å²) < 4.78 is 8.23. The number of imidazole rings is 1. The topological polar surface area (TPSA) is 69.0 Å². The lowest BCUT2D eigenvalue weighted by atomic mass is 10.1. The van der Waals surface area contributed by atoms with Crippen molar-refractivity contribution in [2.75, 3.05) is 6.61 Å². The number of carbonyl (C=O) groups is 1. The summed E-state index contributed by atoms with van der Waals surface area (Å²) >= 11 is 0. The standard InChI is InChI=1S/C27H28N4O2/c1-3-10-21-11-4-7-15-25(21)33-18-9-17-31-24-14-6-5-13-23(24)30-26(31)20(2)29-27(32)22-12-8-16-28-19-22/h3-8,11-16,19-20H,1,9-10,17-18H2,2H3,(H,29,32). The molecule has 0 saturated heterocycles. The molecule has 2 heterocycles. The van der Waals surface area contributed by atoms with Crippen LogP contribution in [0.4, 0.5) is 0 Å². The van der Waals surface area contributed by atoms with Gasteiger partial charge in [-0.05, 0) is 55.7 Å². The summed E-state index contributed by atoms with van der Waals surface area (Å²) in [7, 11) is 0. The number of para-hydroxylation sites is 3. The van der Waals surface area contributed by atoms with Crippen LogP contribution in [-0.2, 0) is 13.0 Å². The molecule has 0 aliphatic heterocycles.